The second kappa shape index (κ2) is 8.69. The van der Waals surface area contributed by atoms with Crippen LogP contribution in [0.3, 0.4) is 0 Å². The second-order valence-electron chi connectivity index (χ2n) is 8.39. The summed E-state index contributed by atoms with van der Waals surface area (Å²) in [7, 11) is 0. The van der Waals surface area contributed by atoms with E-state index in [0.29, 0.717) is 5.75 Å². The number of carbonyl (C=O) groups excluding carboxylic acids is 1. The number of hydrogen-bond donors (Lipinski definition) is 3. The highest BCUT2D eigenvalue weighted by Gasteiger charge is 2.34. The standard InChI is InChI=1S/C26H26N4O3/c27-26(13-4-14-26)20-9-7-18(8-10-20)23-24(19-5-2-1-3-6-19)30-17-21(11-12-22(30)29-23)33-25(32)28-15-16-31/h1-3,5-12,17,31H,4,13-16,27H2,(H,28,32). The molecule has 2 aromatic carbocycles. The smallest absolute Gasteiger partial charge is 0.409 e. The minimum atomic E-state index is -0.618. The predicted molar refractivity (Wildman–Crippen MR) is 127 cm³/mol. The van der Waals surface area contributed by atoms with Gasteiger partial charge in [0.15, 0.2) is 0 Å². The maximum atomic E-state index is 12.0. The van der Waals surface area contributed by atoms with Gasteiger partial charge in [-0.3, -0.25) is 4.40 Å². The molecule has 0 unspecified atom stereocenters. The number of carbonyl (C=O) groups is 1. The van der Waals surface area contributed by atoms with Crippen LogP contribution in [0.4, 0.5) is 4.79 Å². The van der Waals surface area contributed by atoms with Crippen molar-refractivity contribution in [1.29, 1.82) is 0 Å². The Balaban J connectivity index is 1.57. The number of rotatable bonds is 6. The van der Waals surface area contributed by atoms with Crippen LogP contribution in [-0.4, -0.2) is 33.7 Å². The molecule has 2 heterocycles. The summed E-state index contributed by atoms with van der Waals surface area (Å²) in [6.45, 7) is -0.0209. The molecule has 0 spiro atoms. The Kier molecular flexibility index (Phi) is 5.58. The van der Waals surface area contributed by atoms with E-state index in [2.05, 4.69) is 29.6 Å². The van der Waals surface area contributed by atoms with E-state index in [4.69, 9.17) is 20.6 Å². The van der Waals surface area contributed by atoms with E-state index in [1.807, 2.05) is 40.8 Å². The molecule has 0 atom stereocenters. The minimum absolute atomic E-state index is 0.131. The average Bonchev–Trinajstić information content (AvgIpc) is 3.20. The summed E-state index contributed by atoms with van der Waals surface area (Å²) in [6.07, 6.45) is 4.34. The summed E-state index contributed by atoms with van der Waals surface area (Å²) >= 11 is 0. The van der Waals surface area contributed by atoms with Gasteiger partial charge in [0.1, 0.15) is 11.4 Å². The highest BCUT2D eigenvalue weighted by molar-refractivity contribution is 5.82. The molecule has 2 aromatic heterocycles. The Bertz CT molecular complexity index is 1280. The van der Waals surface area contributed by atoms with Crippen LogP contribution in [0.25, 0.3) is 28.2 Å². The van der Waals surface area contributed by atoms with Crippen molar-refractivity contribution >= 4 is 11.7 Å². The molecule has 1 aliphatic carbocycles. The zero-order chi connectivity index (χ0) is 22.8. The molecule has 5 rings (SSSR count). The van der Waals surface area contributed by atoms with Crippen molar-refractivity contribution in [3.05, 3.63) is 78.5 Å². The molecule has 168 valence electrons. The third-order valence-electron chi connectivity index (χ3n) is 6.21. The highest BCUT2D eigenvalue weighted by Crippen LogP contribution is 2.40. The molecule has 0 aliphatic heterocycles. The molecular weight excluding hydrogens is 416 g/mol. The molecule has 4 N–H and O–H groups in total. The van der Waals surface area contributed by atoms with Crippen LogP contribution in [0, 0.1) is 0 Å². The number of pyridine rings is 1. The first kappa shape index (κ1) is 21.2. The number of hydrogen-bond acceptors (Lipinski definition) is 5. The number of imidazole rings is 1. The van der Waals surface area contributed by atoms with Crippen molar-refractivity contribution in [2.75, 3.05) is 13.2 Å². The van der Waals surface area contributed by atoms with Gasteiger partial charge in [-0.25, -0.2) is 9.78 Å². The van der Waals surface area contributed by atoms with Gasteiger partial charge in [0.25, 0.3) is 0 Å². The number of aliphatic hydroxyl groups excluding tert-OH is 1. The summed E-state index contributed by atoms with van der Waals surface area (Å²) in [5.41, 5.74) is 11.9. The second-order valence-corrected chi connectivity index (χ2v) is 8.39. The molecule has 0 saturated heterocycles. The molecule has 7 nitrogen and oxygen atoms in total. The normalized spacial score (nSPS) is 14.6. The van der Waals surface area contributed by atoms with Gasteiger partial charge in [0.05, 0.1) is 24.2 Å². The van der Waals surface area contributed by atoms with Crippen molar-refractivity contribution < 1.29 is 14.6 Å². The van der Waals surface area contributed by atoms with E-state index in [1.54, 1.807) is 12.3 Å². The topological polar surface area (TPSA) is 102 Å². The molecule has 4 aromatic rings. The summed E-state index contributed by atoms with van der Waals surface area (Å²) in [5.74, 6) is 0.379. The quantitative estimate of drug-likeness (QED) is 0.418. The predicted octanol–water partition coefficient (Wildman–Crippen LogP) is 4.09. The molecule has 1 amide bonds. The summed E-state index contributed by atoms with van der Waals surface area (Å²) < 4.78 is 7.31. The first-order valence-electron chi connectivity index (χ1n) is 11.1. The maximum absolute atomic E-state index is 12.0. The minimum Gasteiger partial charge on any atom is -0.409 e. The van der Waals surface area contributed by atoms with Gasteiger partial charge in [0, 0.05) is 23.2 Å². The van der Waals surface area contributed by atoms with Gasteiger partial charge in [-0.05, 0) is 37.0 Å². The highest BCUT2D eigenvalue weighted by atomic mass is 16.6. The lowest BCUT2D eigenvalue weighted by Gasteiger charge is -2.38. The molecule has 1 saturated carbocycles. The monoisotopic (exact) mass is 442 g/mol. The summed E-state index contributed by atoms with van der Waals surface area (Å²) in [5, 5.41) is 11.4. The van der Waals surface area contributed by atoms with Crippen molar-refractivity contribution in [2.45, 2.75) is 24.8 Å². The van der Waals surface area contributed by atoms with Crippen LogP contribution in [0.2, 0.25) is 0 Å². The molecule has 0 bridgehead atoms. The fourth-order valence-electron chi connectivity index (χ4n) is 4.27. The first-order chi connectivity index (χ1) is 16.1. The lowest BCUT2D eigenvalue weighted by atomic mass is 9.72. The van der Waals surface area contributed by atoms with Gasteiger partial charge in [0.2, 0.25) is 0 Å². The Hall–Kier alpha value is -3.68. The van der Waals surface area contributed by atoms with Crippen LogP contribution < -0.4 is 15.8 Å². The van der Waals surface area contributed by atoms with E-state index in [0.717, 1.165) is 46.6 Å². The van der Waals surface area contributed by atoms with Crippen molar-refractivity contribution in [3.8, 4) is 28.3 Å². The van der Waals surface area contributed by atoms with Crippen molar-refractivity contribution in [3.63, 3.8) is 0 Å². The SMILES string of the molecule is NC1(c2ccc(-c3nc4ccc(OC(=O)NCCO)cn4c3-c3ccccc3)cc2)CCC1. The van der Waals surface area contributed by atoms with E-state index in [1.165, 1.54) is 6.42 Å². The van der Waals surface area contributed by atoms with Crippen LogP contribution in [0.5, 0.6) is 5.75 Å². The fourth-order valence-corrected chi connectivity index (χ4v) is 4.27. The number of aromatic nitrogens is 2. The summed E-state index contributed by atoms with van der Waals surface area (Å²) in [6, 6.07) is 21.9. The van der Waals surface area contributed by atoms with E-state index in [9.17, 15) is 4.79 Å². The lowest BCUT2D eigenvalue weighted by molar-refractivity contribution is 0.195. The molecule has 0 radical (unpaired) electrons. The number of amides is 1. The zero-order valence-electron chi connectivity index (χ0n) is 18.2. The van der Waals surface area contributed by atoms with Gasteiger partial charge < -0.3 is 20.9 Å². The van der Waals surface area contributed by atoms with Gasteiger partial charge in [-0.15, -0.1) is 0 Å². The van der Waals surface area contributed by atoms with Crippen LogP contribution in [-0.2, 0) is 5.54 Å². The van der Waals surface area contributed by atoms with Crippen LogP contribution in [0.15, 0.2) is 72.9 Å². The molecule has 7 heteroatoms. The Labute approximate surface area is 191 Å². The number of ether oxygens (including phenoxy) is 1. The number of nitrogens with two attached hydrogens (primary N) is 1. The Morgan fingerprint density at radius 3 is 2.48 bits per heavy atom. The van der Waals surface area contributed by atoms with Gasteiger partial charge >= 0.3 is 6.09 Å². The molecular formula is C26H26N4O3. The van der Waals surface area contributed by atoms with Crippen molar-refractivity contribution in [1.82, 2.24) is 14.7 Å². The number of benzene rings is 2. The van der Waals surface area contributed by atoms with E-state index >= 15 is 0 Å². The first-order valence-corrected chi connectivity index (χ1v) is 11.1. The number of nitrogens with zero attached hydrogens (tertiary/aromatic N) is 2. The fraction of sp³-hybridized carbons (Fsp3) is 0.231. The van der Waals surface area contributed by atoms with E-state index < -0.39 is 6.09 Å². The average molecular weight is 443 g/mol. The Morgan fingerprint density at radius 1 is 1.06 bits per heavy atom. The third kappa shape index (κ3) is 4.08. The number of fused-ring (bicyclic) bond motifs is 1. The molecule has 33 heavy (non-hydrogen) atoms. The van der Waals surface area contributed by atoms with E-state index in [-0.39, 0.29) is 18.7 Å². The number of aliphatic hydroxyl groups is 1. The maximum Gasteiger partial charge on any atom is 0.412 e. The lowest BCUT2D eigenvalue weighted by Crippen LogP contribution is -2.43. The van der Waals surface area contributed by atoms with Crippen LogP contribution in [0.1, 0.15) is 24.8 Å². The largest absolute Gasteiger partial charge is 0.412 e. The molecule has 1 aliphatic rings. The van der Waals surface area contributed by atoms with Gasteiger partial charge in [-0.2, -0.15) is 0 Å². The molecule has 1 fully saturated rings. The van der Waals surface area contributed by atoms with Crippen LogP contribution >= 0.6 is 0 Å². The number of nitrogens with one attached hydrogen (secondary N) is 1. The zero-order valence-corrected chi connectivity index (χ0v) is 18.2. The summed E-state index contributed by atoms with van der Waals surface area (Å²) in [4.78, 5) is 16.8. The Morgan fingerprint density at radius 2 is 1.82 bits per heavy atom. The van der Waals surface area contributed by atoms with Crippen molar-refractivity contribution in [2.24, 2.45) is 5.73 Å². The van der Waals surface area contributed by atoms with Gasteiger partial charge in [-0.1, -0.05) is 54.6 Å². The third-order valence-corrected chi connectivity index (χ3v) is 6.21.